The minimum atomic E-state index is -0.440. The molecule has 0 bridgehead atoms. The first-order valence-electron chi connectivity index (χ1n) is 7.74. The topological polar surface area (TPSA) is 41.5 Å². The van der Waals surface area contributed by atoms with Crippen molar-refractivity contribution >= 4 is 0 Å². The van der Waals surface area contributed by atoms with Crippen LogP contribution >= 0.6 is 0 Å². The van der Waals surface area contributed by atoms with Crippen molar-refractivity contribution in [3.8, 4) is 0 Å². The van der Waals surface area contributed by atoms with Gasteiger partial charge in [0.25, 0.3) is 0 Å². The Bertz CT molecular complexity index is 419. The molecular weight excluding hydrogens is 250 g/mol. The number of fused-ring (bicyclic) bond motifs is 1. The molecule has 1 aliphatic rings. The zero-order valence-corrected chi connectivity index (χ0v) is 12.7. The fourth-order valence-corrected chi connectivity index (χ4v) is 2.88. The summed E-state index contributed by atoms with van der Waals surface area (Å²) in [7, 11) is 1.71. The Morgan fingerprint density at radius 3 is 2.75 bits per heavy atom. The average molecular weight is 277 g/mol. The van der Waals surface area contributed by atoms with E-state index in [1.165, 1.54) is 30.4 Å². The zero-order valence-electron chi connectivity index (χ0n) is 12.7. The monoisotopic (exact) mass is 277 g/mol. The van der Waals surface area contributed by atoms with E-state index in [1.807, 2.05) is 6.92 Å². The molecule has 2 unspecified atom stereocenters. The van der Waals surface area contributed by atoms with Crippen LogP contribution in [0.4, 0.5) is 0 Å². The Hall–Kier alpha value is -0.900. The third-order valence-electron chi connectivity index (χ3n) is 4.18. The summed E-state index contributed by atoms with van der Waals surface area (Å²) in [6, 6.07) is 6.55. The fraction of sp³-hybridized carbons (Fsp3) is 0.647. The summed E-state index contributed by atoms with van der Waals surface area (Å²) >= 11 is 0. The first kappa shape index (κ1) is 15.5. The molecule has 2 N–H and O–H groups in total. The standard InChI is InChI=1S/C17H27NO2/c1-13(18-10-5-11-20-2)17(19)16-9-8-14-6-3-4-7-15(14)12-16/h8-9,12-13,17-19H,3-7,10-11H2,1-2H3. The van der Waals surface area contributed by atoms with E-state index in [1.54, 1.807) is 7.11 Å². The van der Waals surface area contributed by atoms with Gasteiger partial charge in [0, 0.05) is 19.8 Å². The van der Waals surface area contributed by atoms with Gasteiger partial charge in [0.15, 0.2) is 0 Å². The Morgan fingerprint density at radius 2 is 2.00 bits per heavy atom. The first-order chi connectivity index (χ1) is 9.72. The van der Waals surface area contributed by atoms with E-state index < -0.39 is 6.10 Å². The van der Waals surface area contributed by atoms with Crippen molar-refractivity contribution in [1.82, 2.24) is 5.32 Å². The molecule has 0 saturated heterocycles. The van der Waals surface area contributed by atoms with E-state index in [2.05, 4.69) is 23.5 Å². The van der Waals surface area contributed by atoms with Gasteiger partial charge in [-0.05, 0) is 62.3 Å². The number of hydrogen-bond acceptors (Lipinski definition) is 3. The predicted octanol–water partition coefficient (Wildman–Crippen LogP) is 2.61. The summed E-state index contributed by atoms with van der Waals surface area (Å²) in [5, 5.41) is 13.8. The van der Waals surface area contributed by atoms with Crippen LogP contribution in [0.2, 0.25) is 0 Å². The molecule has 1 aliphatic carbocycles. The lowest BCUT2D eigenvalue weighted by Crippen LogP contribution is -2.33. The average Bonchev–Trinajstić information content (AvgIpc) is 2.50. The van der Waals surface area contributed by atoms with Gasteiger partial charge in [-0.25, -0.2) is 0 Å². The molecule has 2 rings (SSSR count). The van der Waals surface area contributed by atoms with Crippen molar-refractivity contribution < 1.29 is 9.84 Å². The Kier molecular flexibility index (Phi) is 6.02. The van der Waals surface area contributed by atoms with E-state index in [9.17, 15) is 5.11 Å². The van der Waals surface area contributed by atoms with E-state index in [-0.39, 0.29) is 6.04 Å². The van der Waals surface area contributed by atoms with Crippen LogP contribution in [0.15, 0.2) is 18.2 Å². The van der Waals surface area contributed by atoms with Gasteiger partial charge in [-0.15, -0.1) is 0 Å². The van der Waals surface area contributed by atoms with Crippen molar-refractivity contribution in [2.45, 2.75) is 51.2 Å². The van der Waals surface area contributed by atoms with Crippen molar-refractivity contribution in [1.29, 1.82) is 0 Å². The number of nitrogens with one attached hydrogen (secondary N) is 1. The Morgan fingerprint density at radius 1 is 1.25 bits per heavy atom. The van der Waals surface area contributed by atoms with Crippen molar-refractivity contribution in [3.05, 3.63) is 34.9 Å². The van der Waals surface area contributed by atoms with Crippen molar-refractivity contribution in [2.75, 3.05) is 20.3 Å². The number of aliphatic hydroxyl groups is 1. The molecule has 112 valence electrons. The molecule has 3 heteroatoms. The second-order valence-electron chi connectivity index (χ2n) is 5.77. The van der Waals surface area contributed by atoms with E-state index in [0.29, 0.717) is 0 Å². The van der Waals surface area contributed by atoms with Crippen molar-refractivity contribution in [3.63, 3.8) is 0 Å². The van der Waals surface area contributed by atoms with Crippen LogP contribution in [0.25, 0.3) is 0 Å². The molecule has 0 amide bonds. The summed E-state index contributed by atoms with van der Waals surface area (Å²) in [5.74, 6) is 0. The molecule has 3 nitrogen and oxygen atoms in total. The number of benzene rings is 1. The van der Waals surface area contributed by atoms with Gasteiger partial charge in [-0.2, -0.15) is 0 Å². The molecule has 0 aromatic heterocycles. The third kappa shape index (κ3) is 4.05. The number of aryl methyl sites for hydroxylation is 2. The van der Waals surface area contributed by atoms with Crippen LogP contribution in [0.5, 0.6) is 0 Å². The van der Waals surface area contributed by atoms with Gasteiger partial charge in [-0.3, -0.25) is 0 Å². The van der Waals surface area contributed by atoms with E-state index in [4.69, 9.17) is 4.74 Å². The summed E-state index contributed by atoms with van der Waals surface area (Å²) < 4.78 is 5.03. The molecule has 1 aromatic rings. The third-order valence-corrected chi connectivity index (χ3v) is 4.18. The second-order valence-corrected chi connectivity index (χ2v) is 5.77. The number of rotatable bonds is 7. The molecule has 0 saturated carbocycles. The second kappa shape index (κ2) is 7.77. The largest absolute Gasteiger partial charge is 0.387 e. The van der Waals surface area contributed by atoms with Crippen LogP contribution in [0.3, 0.4) is 0 Å². The van der Waals surface area contributed by atoms with Crippen molar-refractivity contribution in [2.24, 2.45) is 0 Å². The molecule has 0 heterocycles. The molecule has 0 aliphatic heterocycles. The van der Waals surface area contributed by atoms with Gasteiger partial charge in [-0.1, -0.05) is 18.2 Å². The molecule has 1 aromatic carbocycles. The molecule has 0 radical (unpaired) electrons. The predicted molar refractivity (Wildman–Crippen MR) is 82.0 cm³/mol. The normalized spacial score (nSPS) is 17.6. The summed E-state index contributed by atoms with van der Waals surface area (Å²) in [6.07, 6.45) is 5.45. The smallest absolute Gasteiger partial charge is 0.0940 e. The highest BCUT2D eigenvalue weighted by atomic mass is 16.5. The molecule has 0 spiro atoms. The Labute approximate surface area is 122 Å². The maximum Gasteiger partial charge on any atom is 0.0940 e. The van der Waals surface area contributed by atoms with Crippen LogP contribution in [-0.4, -0.2) is 31.4 Å². The van der Waals surface area contributed by atoms with Crippen LogP contribution in [0.1, 0.15) is 49.0 Å². The fourth-order valence-electron chi connectivity index (χ4n) is 2.88. The maximum absolute atomic E-state index is 10.5. The van der Waals surface area contributed by atoms with Gasteiger partial charge in [0.1, 0.15) is 0 Å². The maximum atomic E-state index is 10.5. The summed E-state index contributed by atoms with van der Waals surface area (Å²) in [6.45, 7) is 3.67. The number of hydrogen-bond donors (Lipinski definition) is 2. The molecular formula is C17H27NO2. The first-order valence-corrected chi connectivity index (χ1v) is 7.74. The minimum absolute atomic E-state index is 0.0634. The quantitative estimate of drug-likeness (QED) is 0.753. The lowest BCUT2D eigenvalue weighted by atomic mass is 9.89. The minimum Gasteiger partial charge on any atom is -0.387 e. The van der Waals surface area contributed by atoms with E-state index >= 15 is 0 Å². The van der Waals surface area contributed by atoms with Crippen LogP contribution in [0, 0.1) is 0 Å². The van der Waals surface area contributed by atoms with Crippen LogP contribution in [-0.2, 0) is 17.6 Å². The molecule has 20 heavy (non-hydrogen) atoms. The highest BCUT2D eigenvalue weighted by molar-refractivity contribution is 5.35. The van der Waals surface area contributed by atoms with Gasteiger partial charge in [0.2, 0.25) is 0 Å². The highest BCUT2D eigenvalue weighted by Gasteiger charge is 2.18. The van der Waals surface area contributed by atoms with Gasteiger partial charge >= 0.3 is 0 Å². The summed E-state index contributed by atoms with van der Waals surface area (Å²) in [5.41, 5.74) is 3.93. The highest BCUT2D eigenvalue weighted by Crippen LogP contribution is 2.26. The van der Waals surface area contributed by atoms with Gasteiger partial charge in [0.05, 0.1) is 6.10 Å². The number of methoxy groups -OCH3 is 1. The Balaban J connectivity index is 1.92. The summed E-state index contributed by atoms with van der Waals surface area (Å²) in [4.78, 5) is 0. The lowest BCUT2D eigenvalue weighted by Gasteiger charge is -2.23. The SMILES string of the molecule is COCCCNC(C)C(O)c1ccc2c(c1)CCCC2. The molecule has 0 fully saturated rings. The number of ether oxygens (including phenoxy) is 1. The molecule has 2 atom stereocenters. The zero-order chi connectivity index (χ0) is 14.4. The van der Waals surface area contributed by atoms with Crippen LogP contribution < -0.4 is 5.32 Å². The number of aliphatic hydroxyl groups excluding tert-OH is 1. The van der Waals surface area contributed by atoms with Gasteiger partial charge < -0.3 is 15.2 Å². The lowest BCUT2D eigenvalue weighted by molar-refractivity contribution is 0.132. The van der Waals surface area contributed by atoms with E-state index in [0.717, 1.165) is 31.6 Å².